The Morgan fingerprint density at radius 3 is 2.65 bits per heavy atom. The molecule has 0 aliphatic carbocycles. The molecule has 0 bridgehead atoms. The maximum Gasteiger partial charge on any atom is 0.267 e. The minimum atomic E-state index is -0.551. The molecule has 0 aliphatic rings. The molecule has 0 atom stereocenters. The number of methoxy groups -OCH3 is 1. The number of aromatic amines is 1. The molecule has 5 rings (SSSR count). The molecule has 0 fully saturated rings. The third-order valence-corrected chi connectivity index (χ3v) is 4.95. The van der Waals surface area contributed by atoms with Crippen molar-refractivity contribution in [2.75, 3.05) is 7.11 Å². The number of benzene rings is 2. The topological polar surface area (TPSA) is 119 Å². The van der Waals surface area contributed by atoms with Crippen LogP contribution in [0.2, 0.25) is 0 Å². The summed E-state index contributed by atoms with van der Waals surface area (Å²) < 4.78 is 12.0. The van der Waals surface area contributed by atoms with E-state index in [4.69, 9.17) is 9.26 Å². The first-order valence-electron chi connectivity index (χ1n) is 9.47. The average molecular weight is 415 g/mol. The highest BCUT2D eigenvalue weighted by Crippen LogP contribution is 2.32. The van der Waals surface area contributed by atoms with Gasteiger partial charge >= 0.3 is 0 Å². The Morgan fingerprint density at radius 1 is 1.13 bits per heavy atom. The van der Waals surface area contributed by atoms with E-state index in [2.05, 4.69) is 20.2 Å². The summed E-state index contributed by atoms with van der Waals surface area (Å²) in [5, 5.41) is 19.4. The van der Waals surface area contributed by atoms with Gasteiger partial charge in [-0.25, -0.2) is 4.68 Å². The molecule has 3 aromatic heterocycles. The number of pyridine rings is 1. The van der Waals surface area contributed by atoms with Crippen molar-refractivity contribution >= 4 is 11.0 Å². The third-order valence-electron chi connectivity index (χ3n) is 4.95. The number of rotatable bonds is 5. The van der Waals surface area contributed by atoms with Crippen molar-refractivity contribution in [2.45, 2.75) is 6.54 Å². The van der Waals surface area contributed by atoms with E-state index in [1.165, 1.54) is 6.20 Å². The average Bonchev–Trinajstić information content (AvgIpc) is 3.43. The molecule has 5 aromatic rings. The van der Waals surface area contributed by atoms with Gasteiger partial charge in [0.15, 0.2) is 0 Å². The Labute approximate surface area is 175 Å². The van der Waals surface area contributed by atoms with Gasteiger partial charge in [-0.2, -0.15) is 10.1 Å². The molecule has 0 saturated heterocycles. The quantitative estimate of drug-likeness (QED) is 0.452. The van der Waals surface area contributed by atoms with Gasteiger partial charge < -0.3 is 19.4 Å². The largest absolute Gasteiger partial charge is 0.506 e. The number of nitrogens with one attached hydrogen (secondary N) is 1. The predicted octanol–water partition coefficient (Wildman–Crippen LogP) is 3.20. The normalized spacial score (nSPS) is 11.1. The molecule has 0 amide bonds. The van der Waals surface area contributed by atoms with E-state index in [9.17, 15) is 9.90 Å². The Morgan fingerprint density at radius 2 is 1.90 bits per heavy atom. The number of nitrogens with zero attached hydrogens (tertiary/aromatic N) is 4. The Hall–Kier alpha value is -4.40. The smallest absolute Gasteiger partial charge is 0.267 e. The van der Waals surface area contributed by atoms with Gasteiger partial charge in [0.2, 0.25) is 5.82 Å². The predicted molar refractivity (Wildman–Crippen MR) is 113 cm³/mol. The van der Waals surface area contributed by atoms with Gasteiger partial charge in [-0.05, 0) is 29.8 Å². The van der Waals surface area contributed by atoms with Crippen molar-refractivity contribution in [3.63, 3.8) is 0 Å². The van der Waals surface area contributed by atoms with Crippen molar-refractivity contribution in [3.05, 3.63) is 76.7 Å². The number of hydrogen-bond donors (Lipinski definition) is 2. The standard InChI is InChI=1S/C22H17N5O4/c1-30-15-9-7-14(8-10-15)19-24-22(31-26-19)17-18(28)16-11-23-27(20(16)25-21(17)29)12-13-5-3-2-4-6-13/h2-11H,12H2,1H3,(H2,25,28,29). The van der Waals surface area contributed by atoms with E-state index in [0.717, 1.165) is 5.56 Å². The number of ether oxygens (including phenoxy) is 1. The van der Waals surface area contributed by atoms with Crippen LogP contribution in [-0.4, -0.2) is 37.1 Å². The van der Waals surface area contributed by atoms with Gasteiger partial charge in [-0.3, -0.25) is 4.79 Å². The molecular weight excluding hydrogens is 398 g/mol. The van der Waals surface area contributed by atoms with Crippen LogP contribution < -0.4 is 10.3 Å². The zero-order valence-corrected chi connectivity index (χ0v) is 16.4. The Balaban J connectivity index is 1.54. The molecule has 9 heteroatoms. The highest BCUT2D eigenvalue weighted by atomic mass is 16.5. The highest BCUT2D eigenvalue weighted by Gasteiger charge is 2.22. The molecule has 3 heterocycles. The first kappa shape index (κ1) is 18.6. The lowest BCUT2D eigenvalue weighted by Gasteiger charge is -2.05. The molecule has 154 valence electrons. The van der Waals surface area contributed by atoms with Crippen LogP contribution in [-0.2, 0) is 6.54 Å². The number of H-pyrrole nitrogens is 1. The van der Waals surface area contributed by atoms with Crippen LogP contribution in [0.5, 0.6) is 11.5 Å². The molecule has 31 heavy (non-hydrogen) atoms. The second-order valence-corrected chi connectivity index (χ2v) is 6.88. The number of hydrogen-bond acceptors (Lipinski definition) is 7. The summed E-state index contributed by atoms with van der Waals surface area (Å²) in [7, 11) is 1.58. The molecular formula is C22H17N5O4. The Kier molecular flexibility index (Phi) is 4.47. The lowest BCUT2D eigenvalue weighted by atomic mass is 10.2. The molecule has 2 aromatic carbocycles. The summed E-state index contributed by atoms with van der Waals surface area (Å²) in [5.74, 6) is 0.640. The van der Waals surface area contributed by atoms with Crippen molar-refractivity contribution in [3.8, 4) is 34.3 Å². The summed E-state index contributed by atoms with van der Waals surface area (Å²) in [5.41, 5.74) is 1.45. The van der Waals surface area contributed by atoms with Crippen LogP contribution in [0.25, 0.3) is 33.9 Å². The first-order chi connectivity index (χ1) is 15.1. The van der Waals surface area contributed by atoms with Gasteiger partial charge in [0.1, 0.15) is 22.7 Å². The summed E-state index contributed by atoms with van der Waals surface area (Å²) >= 11 is 0. The van der Waals surface area contributed by atoms with Crippen molar-refractivity contribution < 1.29 is 14.4 Å². The zero-order chi connectivity index (χ0) is 21.4. The van der Waals surface area contributed by atoms with E-state index in [-0.39, 0.29) is 23.0 Å². The molecule has 2 N–H and O–H groups in total. The first-order valence-corrected chi connectivity index (χ1v) is 9.47. The summed E-state index contributed by atoms with van der Waals surface area (Å²) in [6.45, 7) is 0.446. The molecule has 0 unspecified atom stereocenters. The lowest BCUT2D eigenvalue weighted by molar-refractivity contribution is 0.414. The molecule has 0 saturated carbocycles. The van der Waals surface area contributed by atoms with Gasteiger partial charge in [-0.1, -0.05) is 35.5 Å². The van der Waals surface area contributed by atoms with Gasteiger partial charge in [0.25, 0.3) is 11.4 Å². The van der Waals surface area contributed by atoms with Crippen LogP contribution in [0.4, 0.5) is 0 Å². The third kappa shape index (κ3) is 3.31. The van der Waals surface area contributed by atoms with Crippen LogP contribution in [0.1, 0.15) is 5.56 Å². The number of aromatic hydroxyl groups is 1. The summed E-state index contributed by atoms with van der Waals surface area (Å²) in [6.07, 6.45) is 1.49. The van der Waals surface area contributed by atoms with Crippen molar-refractivity contribution in [1.82, 2.24) is 24.9 Å². The van der Waals surface area contributed by atoms with Crippen LogP contribution in [0.15, 0.2) is 70.1 Å². The van der Waals surface area contributed by atoms with Gasteiger partial charge in [0.05, 0.1) is 25.2 Å². The fourth-order valence-electron chi connectivity index (χ4n) is 3.36. The monoisotopic (exact) mass is 415 g/mol. The molecule has 0 radical (unpaired) electrons. The summed E-state index contributed by atoms with van der Waals surface area (Å²) in [6, 6.07) is 16.8. The lowest BCUT2D eigenvalue weighted by Crippen LogP contribution is -2.12. The summed E-state index contributed by atoms with van der Waals surface area (Å²) in [4.78, 5) is 19.8. The molecule has 9 nitrogen and oxygen atoms in total. The second kappa shape index (κ2) is 7.45. The van der Waals surface area contributed by atoms with Crippen LogP contribution >= 0.6 is 0 Å². The van der Waals surface area contributed by atoms with Gasteiger partial charge in [0, 0.05) is 5.56 Å². The SMILES string of the molecule is COc1ccc(-c2noc(-c3c(O)c4cnn(Cc5ccccc5)c4[nH]c3=O)n2)cc1. The maximum absolute atomic E-state index is 12.8. The number of aromatic nitrogens is 5. The van der Waals surface area contributed by atoms with Crippen LogP contribution in [0.3, 0.4) is 0 Å². The highest BCUT2D eigenvalue weighted by molar-refractivity contribution is 5.88. The van der Waals surface area contributed by atoms with E-state index in [1.807, 2.05) is 30.3 Å². The number of fused-ring (bicyclic) bond motifs is 1. The van der Waals surface area contributed by atoms with Crippen molar-refractivity contribution in [1.29, 1.82) is 0 Å². The fourth-order valence-corrected chi connectivity index (χ4v) is 3.36. The van der Waals surface area contributed by atoms with E-state index >= 15 is 0 Å². The van der Waals surface area contributed by atoms with E-state index in [1.54, 1.807) is 36.1 Å². The maximum atomic E-state index is 12.8. The van der Waals surface area contributed by atoms with Gasteiger partial charge in [-0.15, -0.1) is 0 Å². The zero-order valence-electron chi connectivity index (χ0n) is 16.4. The van der Waals surface area contributed by atoms with Crippen LogP contribution in [0, 0.1) is 0 Å². The fraction of sp³-hybridized carbons (Fsp3) is 0.0909. The second-order valence-electron chi connectivity index (χ2n) is 6.88. The molecule has 0 aliphatic heterocycles. The minimum absolute atomic E-state index is 0.0812. The minimum Gasteiger partial charge on any atom is -0.506 e. The van der Waals surface area contributed by atoms with E-state index < -0.39 is 5.56 Å². The van der Waals surface area contributed by atoms with Crippen molar-refractivity contribution in [2.24, 2.45) is 0 Å². The molecule has 0 spiro atoms. The van der Waals surface area contributed by atoms with E-state index in [0.29, 0.717) is 28.9 Å². The Bertz CT molecular complexity index is 1420.